The first-order valence-electron chi connectivity index (χ1n) is 11.3. The number of nitrogens with zero attached hydrogens (tertiary/aromatic N) is 3. The maximum atomic E-state index is 12.9. The summed E-state index contributed by atoms with van der Waals surface area (Å²) in [5, 5.41) is 19.9. The maximum Gasteiger partial charge on any atom is 0.293 e. The van der Waals surface area contributed by atoms with Gasteiger partial charge in [0, 0.05) is 17.7 Å². The van der Waals surface area contributed by atoms with Gasteiger partial charge in [0.15, 0.2) is 11.5 Å². The van der Waals surface area contributed by atoms with Crippen molar-refractivity contribution < 1.29 is 24.0 Å². The standard InChI is InChI=1S/C27H21N3O6S/c1-2-35-24-13-18(10-11-23(24)36-17-21-8-4-3-7-20(21)15-28)14-25-26(31)29(27(32)37-25)16-19-6-5-9-22(12-19)30(33)34/h3-14H,2,16-17H2,1H3/b25-14+. The lowest BCUT2D eigenvalue weighted by molar-refractivity contribution is -0.384. The Kier molecular flexibility index (Phi) is 7.86. The monoisotopic (exact) mass is 515 g/mol. The Morgan fingerprint density at radius 2 is 1.86 bits per heavy atom. The second-order valence-electron chi connectivity index (χ2n) is 7.89. The highest BCUT2D eigenvalue weighted by Gasteiger charge is 2.35. The van der Waals surface area contributed by atoms with Crippen LogP contribution in [-0.2, 0) is 17.9 Å². The number of carbonyl (C=O) groups is 2. The van der Waals surface area contributed by atoms with E-state index in [9.17, 15) is 25.0 Å². The third kappa shape index (κ3) is 5.97. The molecule has 10 heteroatoms. The lowest BCUT2D eigenvalue weighted by atomic mass is 10.1. The van der Waals surface area contributed by atoms with E-state index in [0.717, 1.165) is 22.2 Å². The summed E-state index contributed by atoms with van der Waals surface area (Å²) in [6, 6.07) is 20.3. The van der Waals surface area contributed by atoms with Crippen LogP contribution in [0, 0.1) is 21.4 Å². The molecule has 1 fully saturated rings. The Balaban J connectivity index is 1.52. The highest BCUT2D eigenvalue weighted by Crippen LogP contribution is 2.36. The SMILES string of the molecule is CCOc1cc(/C=C2/SC(=O)N(Cc3cccc([N+](=O)[O-])c3)C2=O)ccc1OCc1ccccc1C#N. The number of amides is 2. The van der Waals surface area contributed by atoms with Gasteiger partial charge in [0.1, 0.15) is 6.61 Å². The van der Waals surface area contributed by atoms with Crippen LogP contribution < -0.4 is 9.47 Å². The number of carbonyl (C=O) groups excluding carboxylic acids is 2. The maximum absolute atomic E-state index is 12.9. The first-order chi connectivity index (χ1) is 17.9. The van der Waals surface area contributed by atoms with E-state index in [0.29, 0.717) is 34.8 Å². The Hall–Kier alpha value is -4.62. The highest BCUT2D eigenvalue weighted by atomic mass is 32.2. The molecule has 1 heterocycles. The number of thioether (sulfide) groups is 1. The van der Waals surface area contributed by atoms with Crippen LogP contribution in [0.4, 0.5) is 10.5 Å². The van der Waals surface area contributed by atoms with Gasteiger partial charge in [0.2, 0.25) is 0 Å². The molecule has 0 radical (unpaired) electrons. The Bertz CT molecular complexity index is 1450. The molecule has 1 saturated heterocycles. The minimum Gasteiger partial charge on any atom is -0.490 e. The topological polar surface area (TPSA) is 123 Å². The van der Waals surface area contributed by atoms with E-state index in [1.807, 2.05) is 19.1 Å². The number of ether oxygens (including phenoxy) is 2. The van der Waals surface area contributed by atoms with Gasteiger partial charge < -0.3 is 9.47 Å². The largest absolute Gasteiger partial charge is 0.490 e. The number of nitriles is 1. The molecule has 3 aromatic rings. The summed E-state index contributed by atoms with van der Waals surface area (Å²) in [5.41, 5.74) is 2.28. The molecule has 37 heavy (non-hydrogen) atoms. The first kappa shape index (κ1) is 25.5. The molecule has 0 N–H and O–H groups in total. The molecule has 1 aliphatic heterocycles. The van der Waals surface area contributed by atoms with Gasteiger partial charge in [0.25, 0.3) is 16.8 Å². The van der Waals surface area contributed by atoms with Crippen LogP contribution in [0.3, 0.4) is 0 Å². The Morgan fingerprint density at radius 3 is 2.62 bits per heavy atom. The van der Waals surface area contributed by atoms with E-state index in [1.165, 1.54) is 18.2 Å². The quantitative estimate of drug-likeness (QED) is 0.203. The van der Waals surface area contributed by atoms with Crippen molar-refractivity contribution in [2.75, 3.05) is 6.61 Å². The first-order valence-corrected chi connectivity index (χ1v) is 12.1. The van der Waals surface area contributed by atoms with Gasteiger partial charge in [-0.25, -0.2) is 0 Å². The number of hydrogen-bond donors (Lipinski definition) is 0. The molecule has 1 aliphatic rings. The number of nitro groups is 1. The average Bonchev–Trinajstić information content (AvgIpc) is 3.16. The fourth-order valence-electron chi connectivity index (χ4n) is 3.65. The predicted molar refractivity (Wildman–Crippen MR) is 138 cm³/mol. The molecule has 0 unspecified atom stereocenters. The van der Waals surface area contributed by atoms with E-state index < -0.39 is 16.1 Å². The Labute approximate surface area is 217 Å². The number of hydrogen-bond acceptors (Lipinski definition) is 8. The van der Waals surface area contributed by atoms with Crippen molar-refractivity contribution in [3.8, 4) is 17.6 Å². The van der Waals surface area contributed by atoms with Crippen molar-refractivity contribution in [2.24, 2.45) is 0 Å². The minimum absolute atomic E-state index is 0.0647. The molecule has 3 aromatic carbocycles. The zero-order valence-electron chi connectivity index (χ0n) is 19.7. The molecule has 0 bridgehead atoms. The van der Waals surface area contributed by atoms with Gasteiger partial charge in [0.05, 0.1) is 34.6 Å². The fraction of sp³-hybridized carbons (Fsp3) is 0.148. The zero-order chi connectivity index (χ0) is 26.4. The second-order valence-corrected chi connectivity index (χ2v) is 8.88. The molecule has 4 rings (SSSR count). The van der Waals surface area contributed by atoms with Crippen LogP contribution in [0.15, 0.2) is 71.6 Å². The summed E-state index contributed by atoms with van der Waals surface area (Å²) in [6.07, 6.45) is 1.59. The van der Waals surface area contributed by atoms with Gasteiger partial charge in [-0.2, -0.15) is 5.26 Å². The van der Waals surface area contributed by atoms with Crippen LogP contribution in [0.5, 0.6) is 11.5 Å². The predicted octanol–water partition coefficient (Wildman–Crippen LogP) is 5.68. The molecule has 2 amide bonds. The Morgan fingerprint density at radius 1 is 1.05 bits per heavy atom. The third-order valence-corrected chi connectivity index (χ3v) is 6.33. The van der Waals surface area contributed by atoms with E-state index in [4.69, 9.17) is 9.47 Å². The average molecular weight is 516 g/mol. The van der Waals surface area contributed by atoms with Crippen molar-refractivity contribution in [1.29, 1.82) is 5.26 Å². The number of non-ortho nitro benzene ring substituents is 1. The summed E-state index contributed by atoms with van der Waals surface area (Å²) < 4.78 is 11.6. The van der Waals surface area contributed by atoms with Crippen LogP contribution in [0.2, 0.25) is 0 Å². The number of imide groups is 1. The molecule has 186 valence electrons. The molecule has 0 aliphatic carbocycles. The highest BCUT2D eigenvalue weighted by molar-refractivity contribution is 8.18. The lowest BCUT2D eigenvalue weighted by Gasteiger charge is -2.13. The fourth-order valence-corrected chi connectivity index (χ4v) is 4.49. The van der Waals surface area contributed by atoms with Gasteiger partial charge in [-0.05, 0) is 54.1 Å². The molecule has 0 atom stereocenters. The van der Waals surface area contributed by atoms with E-state index >= 15 is 0 Å². The number of nitro benzene ring substituents is 1. The van der Waals surface area contributed by atoms with Gasteiger partial charge in [-0.3, -0.25) is 24.6 Å². The summed E-state index contributed by atoms with van der Waals surface area (Å²) in [5.74, 6) is 0.458. The van der Waals surface area contributed by atoms with Gasteiger partial charge in [-0.1, -0.05) is 36.4 Å². The van der Waals surface area contributed by atoms with Crippen molar-refractivity contribution >= 4 is 34.7 Å². The second kappa shape index (κ2) is 11.4. The van der Waals surface area contributed by atoms with Gasteiger partial charge >= 0.3 is 0 Å². The number of rotatable bonds is 9. The van der Waals surface area contributed by atoms with Crippen LogP contribution >= 0.6 is 11.8 Å². The summed E-state index contributed by atoms with van der Waals surface area (Å²) >= 11 is 0.803. The van der Waals surface area contributed by atoms with Gasteiger partial charge in [-0.15, -0.1) is 0 Å². The van der Waals surface area contributed by atoms with E-state index in [2.05, 4.69) is 6.07 Å². The van der Waals surface area contributed by atoms with Crippen molar-refractivity contribution in [3.63, 3.8) is 0 Å². The van der Waals surface area contributed by atoms with Crippen LogP contribution in [-0.4, -0.2) is 27.6 Å². The molecule has 0 saturated carbocycles. The lowest BCUT2D eigenvalue weighted by Crippen LogP contribution is -2.27. The smallest absolute Gasteiger partial charge is 0.293 e. The summed E-state index contributed by atoms with van der Waals surface area (Å²) in [7, 11) is 0. The van der Waals surface area contributed by atoms with Crippen molar-refractivity contribution in [2.45, 2.75) is 20.1 Å². The molecule has 0 spiro atoms. The van der Waals surface area contributed by atoms with E-state index in [1.54, 1.807) is 42.5 Å². The molecule has 9 nitrogen and oxygen atoms in total. The molecule has 0 aromatic heterocycles. The normalized spacial score (nSPS) is 14.1. The van der Waals surface area contributed by atoms with Crippen LogP contribution in [0.1, 0.15) is 29.2 Å². The third-order valence-electron chi connectivity index (χ3n) is 5.42. The molecular weight excluding hydrogens is 494 g/mol. The minimum atomic E-state index is -0.525. The van der Waals surface area contributed by atoms with Crippen LogP contribution in [0.25, 0.3) is 6.08 Å². The van der Waals surface area contributed by atoms with Crippen molar-refractivity contribution in [1.82, 2.24) is 4.90 Å². The summed E-state index contributed by atoms with van der Waals surface area (Å²) in [4.78, 5) is 37.3. The summed E-state index contributed by atoms with van der Waals surface area (Å²) in [6.45, 7) is 2.33. The van der Waals surface area contributed by atoms with E-state index in [-0.39, 0.29) is 23.7 Å². The van der Waals surface area contributed by atoms with Crippen molar-refractivity contribution in [3.05, 3.63) is 104 Å². The molecular formula is C27H21N3O6S. The number of benzene rings is 3. The zero-order valence-corrected chi connectivity index (χ0v) is 20.6.